The fourth-order valence-corrected chi connectivity index (χ4v) is 2.29. The number of carboxylic acids is 1. The molecular formula is C13H14N2O2. The number of benzene rings is 1. The summed E-state index contributed by atoms with van der Waals surface area (Å²) in [5.41, 5.74) is 2.11. The zero-order valence-corrected chi connectivity index (χ0v) is 9.63. The van der Waals surface area contributed by atoms with Crippen LogP contribution in [0.15, 0.2) is 24.5 Å². The molecule has 0 spiro atoms. The van der Waals surface area contributed by atoms with Crippen LogP contribution in [-0.4, -0.2) is 20.6 Å². The van der Waals surface area contributed by atoms with E-state index in [1.165, 1.54) is 12.8 Å². The topological polar surface area (TPSA) is 55.1 Å². The highest BCUT2D eigenvalue weighted by molar-refractivity contribution is 5.92. The Morgan fingerprint density at radius 1 is 1.53 bits per heavy atom. The molecule has 1 heterocycles. The Balaban J connectivity index is 2.11. The Labute approximate surface area is 98.9 Å². The number of aromatic carboxylic acids is 1. The number of hydrogen-bond donors (Lipinski definition) is 1. The summed E-state index contributed by atoms with van der Waals surface area (Å²) in [5, 5.41) is 9.00. The molecule has 1 N–H and O–H groups in total. The van der Waals surface area contributed by atoms with Crippen molar-refractivity contribution in [3.05, 3.63) is 30.1 Å². The van der Waals surface area contributed by atoms with E-state index in [4.69, 9.17) is 5.11 Å². The van der Waals surface area contributed by atoms with Crippen LogP contribution in [-0.2, 0) is 0 Å². The third-order valence-electron chi connectivity index (χ3n) is 3.56. The summed E-state index contributed by atoms with van der Waals surface area (Å²) >= 11 is 0. The number of carbonyl (C=O) groups is 1. The van der Waals surface area contributed by atoms with Crippen molar-refractivity contribution < 1.29 is 9.90 Å². The molecule has 2 aromatic rings. The van der Waals surface area contributed by atoms with Gasteiger partial charge < -0.3 is 9.67 Å². The molecule has 1 aromatic heterocycles. The molecule has 0 radical (unpaired) electrons. The Morgan fingerprint density at radius 3 is 2.94 bits per heavy atom. The van der Waals surface area contributed by atoms with Gasteiger partial charge in [0.1, 0.15) is 0 Å². The van der Waals surface area contributed by atoms with Gasteiger partial charge in [-0.15, -0.1) is 0 Å². The molecule has 0 aliphatic heterocycles. The van der Waals surface area contributed by atoms with Crippen LogP contribution in [0, 0.1) is 5.92 Å². The summed E-state index contributed by atoms with van der Waals surface area (Å²) in [6, 6.07) is 5.49. The Hall–Kier alpha value is -1.84. The van der Waals surface area contributed by atoms with Crippen LogP contribution >= 0.6 is 0 Å². The quantitative estimate of drug-likeness (QED) is 0.882. The van der Waals surface area contributed by atoms with Gasteiger partial charge in [0.05, 0.1) is 22.9 Å². The van der Waals surface area contributed by atoms with Crippen molar-refractivity contribution in [2.45, 2.75) is 25.8 Å². The lowest BCUT2D eigenvalue weighted by Gasteiger charge is -2.13. The van der Waals surface area contributed by atoms with Gasteiger partial charge in [0, 0.05) is 6.04 Å². The van der Waals surface area contributed by atoms with Gasteiger partial charge >= 0.3 is 5.97 Å². The maximum Gasteiger partial charge on any atom is 0.335 e. The normalized spacial score (nSPS) is 17.2. The smallest absolute Gasteiger partial charge is 0.335 e. The fraction of sp³-hybridized carbons (Fsp3) is 0.385. The average molecular weight is 230 g/mol. The second-order valence-corrected chi connectivity index (χ2v) is 4.74. The number of aromatic nitrogens is 2. The summed E-state index contributed by atoms with van der Waals surface area (Å²) in [7, 11) is 0. The first kappa shape index (κ1) is 10.3. The lowest BCUT2D eigenvalue weighted by atomic mass is 10.1. The average Bonchev–Trinajstić information content (AvgIpc) is 3.07. The van der Waals surface area contributed by atoms with Gasteiger partial charge in [-0.1, -0.05) is 0 Å². The summed E-state index contributed by atoms with van der Waals surface area (Å²) in [6.07, 6.45) is 4.35. The number of nitrogens with zero attached hydrogens (tertiary/aromatic N) is 2. The summed E-state index contributed by atoms with van der Waals surface area (Å²) < 4.78 is 2.10. The van der Waals surface area contributed by atoms with Crippen LogP contribution in [0.5, 0.6) is 0 Å². The van der Waals surface area contributed by atoms with Crippen LogP contribution in [0.2, 0.25) is 0 Å². The molecule has 0 amide bonds. The second kappa shape index (κ2) is 3.58. The highest BCUT2D eigenvalue weighted by atomic mass is 16.4. The number of rotatable bonds is 3. The zero-order chi connectivity index (χ0) is 12.0. The van der Waals surface area contributed by atoms with E-state index in [1.807, 2.05) is 6.33 Å². The molecule has 1 aliphatic carbocycles. The van der Waals surface area contributed by atoms with Crippen molar-refractivity contribution in [2.75, 3.05) is 0 Å². The highest BCUT2D eigenvalue weighted by Gasteiger charge is 2.29. The summed E-state index contributed by atoms with van der Waals surface area (Å²) in [6.45, 7) is 2.17. The summed E-state index contributed by atoms with van der Waals surface area (Å²) in [4.78, 5) is 15.3. The third-order valence-corrected chi connectivity index (χ3v) is 3.56. The molecule has 1 unspecified atom stereocenters. The predicted molar refractivity (Wildman–Crippen MR) is 64.1 cm³/mol. The molecule has 4 nitrogen and oxygen atoms in total. The first-order valence-corrected chi connectivity index (χ1v) is 5.86. The maximum atomic E-state index is 11.0. The first-order chi connectivity index (χ1) is 8.16. The molecule has 0 bridgehead atoms. The highest BCUT2D eigenvalue weighted by Crippen LogP contribution is 2.40. The molecule has 17 heavy (non-hydrogen) atoms. The van der Waals surface area contributed by atoms with E-state index >= 15 is 0 Å². The molecule has 1 saturated carbocycles. The first-order valence-electron chi connectivity index (χ1n) is 5.86. The third kappa shape index (κ3) is 1.69. The van der Waals surface area contributed by atoms with E-state index in [-0.39, 0.29) is 0 Å². The molecule has 4 heteroatoms. The van der Waals surface area contributed by atoms with Crippen LogP contribution in [0.3, 0.4) is 0 Å². The number of fused-ring (bicyclic) bond motifs is 1. The Morgan fingerprint density at radius 2 is 2.29 bits per heavy atom. The summed E-state index contributed by atoms with van der Waals surface area (Å²) in [5.74, 6) is -0.167. The van der Waals surface area contributed by atoms with Crippen molar-refractivity contribution >= 4 is 17.0 Å². The van der Waals surface area contributed by atoms with Gasteiger partial charge in [-0.05, 0) is 43.9 Å². The van der Waals surface area contributed by atoms with Crippen LogP contribution in [0.25, 0.3) is 11.0 Å². The predicted octanol–water partition coefficient (Wildman–Crippen LogP) is 2.71. The van der Waals surface area contributed by atoms with Gasteiger partial charge in [0.15, 0.2) is 0 Å². The van der Waals surface area contributed by atoms with Gasteiger partial charge in [0.25, 0.3) is 0 Å². The van der Waals surface area contributed by atoms with Crippen molar-refractivity contribution in [3.8, 4) is 0 Å². The zero-order valence-electron chi connectivity index (χ0n) is 9.63. The van der Waals surface area contributed by atoms with Crippen molar-refractivity contribution in [2.24, 2.45) is 5.92 Å². The van der Waals surface area contributed by atoms with E-state index in [1.54, 1.807) is 18.2 Å². The minimum absolute atomic E-state index is 0.322. The minimum Gasteiger partial charge on any atom is -0.478 e. The monoisotopic (exact) mass is 230 g/mol. The molecular weight excluding hydrogens is 216 g/mol. The number of hydrogen-bond acceptors (Lipinski definition) is 2. The second-order valence-electron chi connectivity index (χ2n) is 4.74. The molecule has 1 fully saturated rings. The van der Waals surface area contributed by atoms with E-state index in [2.05, 4.69) is 16.5 Å². The molecule has 1 atom stereocenters. The van der Waals surface area contributed by atoms with Gasteiger partial charge in [-0.2, -0.15) is 0 Å². The van der Waals surface area contributed by atoms with Gasteiger partial charge in [-0.3, -0.25) is 0 Å². The molecule has 0 saturated heterocycles. The van der Waals surface area contributed by atoms with Crippen molar-refractivity contribution in [1.82, 2.24) is 9.55 Å². The lowest BCUT2D eigenvalue weighted by Crippen LogP contribution is -2.06. The largest absolute Gasteiger partial charge is 0.478 e. The van der Waals surface area contributed by atoms with Gasteiger partial charge in [0.2, 0.25) is 0 Å². The van der Waals surface area contributed by atoms with Gasteiger partial charge in [-0.25, -0.2) is 9.78 Å². The van der Waals surface area contributed by atoms with Crippen LogP contribution in [0.1, 0.15) is 36.2 Å². The van der Waals surface area contributed by atoms with E-state index in [0.717, 1.165) is 17.0 Å². The standard InChI is InChI=1S/C13H14N2O2/c1-8(9-2-3-9)15-7-14-11-5-4-10(13(16)17)6-12(11)15/h4-9H,2-3H2,1H3,(H,16,17). The van der Waals surface area contributed by atoms with E-state index in [0.29, 0.717) is 11.6 Å². The lowest BCUT2D eigenvalue weighted by molar-refractivity contribution is 0.0697. The number of carboxylic acid groups (broad SMARTS) is 1. The minimum atomic E-state index is -0.890. The fourth-order valence-electron chi connectivity index (χ4n) is 2.29. The Kier molecular flexibility index (Phi) is 2.18. The maximum absolute atomic E-state index is 11.0. The molecule has 3 rings (SSSR count). The SMILES string of the molecule is CC(C1CC1)n1cnc2ccc(C(=O)O)cc21. The Bertz CT molecular complexity index is 584. The van der Waals surface area contributed by atoms with Crippen LogP contribution in [0.4, 0.5) is 0 Å². The molecule has 1 aliphatic rings. The van der Waals surface area contributed by atoms with E-state index < -0.39 is 5.97 Å². The van der Waals surface area contributed by atoms with Crippen molar-refractivity contribution in [1.29, 1.82) is 0 Å². The van der Waals surface area contributed by atoms with E-state index in [9.17, 15) is 4.79 Å². The molecule has 88 valence electrons. The van der Waals surface area contributed by atoms with Crippen LogP contribution < -0.4 is 0 Å². The molecule has 1 aromatic carbocycles. The van der Waals surface area contributed by atoms with Crippen molar-refractivity contribution in [3.63, 3.8) is 0 Å². The number of imidazole rings is 1.